The van der Waals surface area contributed by atoms with Gasteiger partial charge in [-0.3, -0.25) is 4.79 Å². The molecule has 182 valence electrons. The van der Waals surface area contributed by atoms with Crippen molar-refractivity contribution in [3.8, 4) is 11.5 Å². The predicted molar refractivity (Wildman–Crippen MR) is 132 cm³/mol. The number of benzene rings is 2. The maximum Gasteiger partial charge on any atom is 0.221 e. The normalized spacial score (nSPS) is 10.9. The molecule has 0 radical (unpaired) electrons. The lowest BCUT2D eigenvalue weighted by molar-refractivity contribution is -0.120. The van der Waals surface area contributed by atoms with E-state index in [0.29, 0.717) is 49.7 Å². The third-order valence-electron chi connectivity index (χ3n) is 5.37. The van der Waals surface area contributed by atoms with Crippen LogP contribution in [0, 0.1) is 5.82 Å². The molecule has 3 aromatic rings. The number of halogens is 1. The van der Waals surface area contributed by atoms with Gasteiger partial charge in [0.25, 0.3) is 0 Å². The Balaban J connectivity index is 1.49. The molecule has 3 rings (SSSR count). The van der Waals surface area contributed by atoms with Crippen LogP contribution < -0.4 is 19.7 Å². The van der Waals surface area contributed by atoms with Crippen LogP contribution in [0.5, 0.6) is 11.5 Å². The van der Waals surface area contributed by atoms with E-state index in [4.69, 9.17) is 9.47 Å². The summed E-state index contributed by atoms with van der Waals surface area (Å²) in [6.45, 7) is 5.22. The largest absolute Gasteiger partial charge is 0.493 e. The smallest absolute Gasteiger partial charge is 0.221 e. The van der Waals surface area contributed by atoms with E-state index in [-0.39, 0.29) is 17.8 Å². The fraction of sp³-hybridized carbons (Fsp3) is 0.400. The number of hydrogen-bond acceptors (Lipinski definition) is 7. The van der Waals surface area contributed by atoms with E-state index in [9.17, 15) is 9.18 Å². The molecule has 1 heterocycles. The number of hydrogen-bond donors (Lipinski definition) is 1. The van der Waals surface area contributed by atoms with Crippen LogP contribution in [-0.2, 0) is 17.6 Å². The maximum absolute atomic E-state index is 13.1. The van der Waals surface area contributed by atoms with Gasteiger partial charge >= 0.3 is 0 Å². The van der Waals surface area contributed by atoms with E-state index in [1.54, 1.807) is 26.4 Å². The predicted octanol–water partition coefficient (Wildman–Crippen LogP) is 4.25. The Morgan fingerprint density at radius 1 is 1.09 bits per heavy atom. The van der Waals surface area contributed by atoms with Gasteiger partial charge in [0.15, 0.2) is 11.5 Å². The van der Waals surface area contributed by atoms with Crippen molar-refractivity contribution in [1.29, 1.82) is 0 Å². The summed E-state index contributed by atoms with van der Waals surface area (Å²) in [6, 6.07) is 12.3. The zero-order valence-corrected chi connectivity index (χ0v) is 20.8. The van der Waals surface area contributed by atoms with E-state index >= 15 is 0 Å². The van der Waals surface area contributed by atoms with E-state index in [2.05, 4.69) is 33.4 Å². The molecule has 9 heteroatoms. The number of nitrogens with one attached hydrogen (secondary N) is 1. The molecule has 1 amide bonds. The van der Waals surface area contributed by atoms with Crippen LogP contribution in [-0.4, -0.2) is 48.6 Å². The van der Waals surface area contributed by atoms with Crippen molar-refractivity contribution in [3.05, 3.63) is 65.2 Å². The summed E-state index contributed by atoms with van der Waals surface area (Å²) in [4.78, 5) is 19.2. The van der Waals surface area contributed by atoms with Gasteiger partial charge in [0.1, 0.15) is 11.6 Å². The molecule has 0 aliphatic carbocycles. The van der Waals surface area contributed by atoms with Gasteiger partial charge in [-0.1, -0.05) is 18.2 Å². The van der Waals surface area contributed by atoms with Crippen molar-refractivity contribution < 1.29 is 18.7 Å². The molecule has 0 fully saturated rings. The minimum Gasteiger partial charge on any atom is -0.493 e. The van der Waals surface area contributed by atoms with Gasteiger partial charge in [0.05, 0.1) is 14.2 Å². The number of nitrogens with zero attached hydrogens (tertiary/aromatic N) is 3. The van der Waals surface area contributed by atoms with E-state index in [0.717, 1.165) is 16.3 Å². The fourth-order valence-electron chi connectivity index (χ4n) is 3.49. The number of methoxy groups -OCH3 is 2. The van der Waals surface area contributed by atoms with Gasteiger partial charge in [-0.25, -0.2) is 9.37 Å². The molecule has 0 aliphatic rings. The van der Waals surface area contributed by atoms with Crippen LogP contribution >= 0.6 is 11.5 Å². The number of aromatic nitrogens is 2. The van der Waals surface area contributed by atoms with Gasteiger partial charge in [-0.15, -0.1) is 0 Å². The first-order valence-electron chi connectivity index (χ1n) is 11.2. The van der Waals surface area contributed by atoms with E-state index in [1.807, 2.05) is 18.2 Å². The Morgan fingerprint density at radius 3 is 2.47 bits per heavy atom. The summed E-state index contributed by atoms with van der Waals surface area (Å²) >= 11 is 1.32. The zero-order chi connectivity index (χ0) is 24.5. The third kappa shape index (κ3) is 7.15. The number of carbonyl (C=O) groups is 1. The molecular weight excluding hydrogens is 455 g/mol. The Hall–Kier alpha value is -3.20. The first-order valence-corrected chi connectivity index (χ1v) is 12.0. The Bertz CT molecular complexity index is 1070. The minimum absolute atomic E-state index is 0.0119. The summed E-state index contributed by atoms with van der Waals surface area (Å²) in [5, 5.41) is 3.77. The molecule has 0 aliphatic heterocycles. The van der Waals surface area contributed by atoms with Crippen LogP contribution in [0.25, 0.3) is 0 Å². The molecule has 0 saturated heterocycles. The second kappa shape index (κ2) is 12.3. The van der Waals surface area contributed by atoms with Gasteiger partial charge in [-0.05, 0) is 55.7 Å². The number of ether oxygens (including phenoxy) is 2. The topological polar surface area (TPSA) is 76.6 Å². The quantitative estimate of drug-likeness (QED) is 0.413. The average Bonchev–Trinajstić information content (AvgIpc) is 3.28. The zero-order valence-electron chi connectivity index (χ0n) is 20.0. The minimum atomic E-state index is -0.260. The third-order valence-corrected chi connectivity index (χ3v) is 6.16. The summed E-state index contributed by atoms with van der Waals surface area (Å²) in [7, 11) is 3.21. The highest BCUT2D eigenvalue weighted by atomic mass is 32.1. The Morgan fingerprint density at radius 2 is 1.79 bits per heavy atom. The van der Waals surface area contributed by atoms with Crippen molar-refractivity contribution >= 4 is 22.6 Å². The highest BCUT2D eigenvalue weighted by molar-refractivity contribution is 7.09. The van der Waals surface area contributed by atoms with Gasteiger partial charge < -0.3 is 19.7 Å². The Labute approximate surface area is 204 Å². The monoisotopic (exact) mass is 486 g/mol. The second-order valence-electron chi connectivity index (χ2n) is 8.12. The molecule has 0 atom stereocenters. The van der Waals surface area contributed by atoms with Crippen LogP contribution in [0.1, 0.15) is 37.2 Å². The maximum atomic E-state index is 13.1. The van der Waals surface area contributed by atoms with E-state index < -0.39 is 0 Å². The summed E-state index contributed by atoms with van der Waals surface area (Å²) in [5.41, 5.74) is 2.01. The first-order chi connectivity index (χ1) is 16.4. The van der Waals surface area contributed by atoms with Crippen LogP contribution in [0.15, 0.2) is 42.5 Å². The van der Waals surface area contributed by atoms with Crippen molar-refractivity contribution in [1.82, 2.24) is 14.7 Å². The van der Waals surface area contributed by atoms with Gasteiger partial charge in [0.2, 0.25) is 11.0 Å². The first kappa shape index (κ1) is 25.4. The molecule has 0 spiro atoms. The van der Waals surface area contributed by atoms with Crippen LogP contribution in [0.2, 0.25) is 0 Å². The summed E-state index contributed by atoms with van der Waals surface area (Å²) in [5.74, 6) is 1.78. The standard InChI is InChI=1S/C25H31FN4O3S/c1-17(2)30(25-28-23(29-34-25)16-18-5-8-20(26)9-6-18)14-12-24(31)27-13-11-19-7-10-21(32-3)22(15-19)33-4/h5-10,15,17H,11-14,16H2,1-4H3,(H,27,31). The number of amides is 1. The SMILES string of the molecule is COc1ccc(CCNC(=O)CCN(c2nc(Cc3ccc(F)cc3)ns2)C(C)C)cc1OC. The van der Waals surface area contributed by atoms with Gasteiger partial charge in [0, 0.05) is 43.5 Å². The molecule has 1 N–H and O–H groups in total. The molecular formula is C25H31FN4O3S. The molecule has 0 saturated carbocycles. The van der Waals surface area contributed by atoms with Crippen molar-refractivity contribution in [2.24, 2.45) is 0 Å². The summed E-state index contributed by atoms with van der Waals surface area (Å²) in [6.07, 6.45) is 1.60. The second-order valence-corrected chi connectivity index (χ2v) is 8.85. The molecule has 0 bridgehead atoms. The van der Waals surface area contributed by atoms with Crippen LogP contribution in [0.4, 0.5) is 9.52 Å². The highest BCUT2D eigenvalue weighted by Gasteiger charge is 2.17. The Kier molecular flexibility index (Phi) is 9.21. The average molecular weight is 487 g/mol. The van der Waals surface area contributed by atoms with Crippen molar-refractivity contribution in [2.45, 2.75) is 39.2 Å². The van der Waals surface area contributed by atoms with Crippen molar-refractivity contribution in [2.75, 3.05) is 32.2 Å². The lowest BCUT2D eigenvalue weighted by Crippen LogP contribution is -2.35. The molecule has 1 aromatic heterocycles. The fourth-order valence-corrected chi connectivity index (χ4v) is 4.33. The van der Waals surface area contributed by atoms with Crippen LogP contribution in [0.3, 0.4) is 0 Å². The molecule has 0 unspecified atom stereocenters. The van der Waals surface area contributed by atoms with Crippen molar-refractivity contribution in [3.63, 3.8) is 0 Å². The number of carbonyl (C=O) groups excluding carboxylic acids is 1. The molecule has 34 heavy (non-hydrogen) atoms. The summed E-state index contributed by atoms with van der Waals surface area (Å²) < 4.78 is 28.2. The molecule has 2 aromatic carbocycles. The highest BCUT2D eigenvalue weighted by Crippen LogP contribution is 2.27. The number of rotatable bonds is 12. The molecule has 7 nitrogen and oxygen atoms in total. The lowest BCUT2D eigenvalue weighted by Gasteiger charge is -2.25. The number of anilines is 1. The van der Waals surface area contributed by atoms with E-state index in [1.165, 1.54) is 23.7 Å². The lowest BCUT2D eigenvalue weighted by atomic mass is 10.1. The van der Waals surface area contributed by atoms with Gasteiger partial charge in [-0.2, -0.15) is 4.37 Å².